The summed E-state index contributed by atoms with van der Waals surface area (Å²) in [6.45, 7) is 2.86. The molecule has 3 nitrogen and oxygen atoms in total. The van der Waals surface area contributed by atoms with Crippen LogP contribution >= 0.6 is 0 Å². The molecule has 4 rings (SSSR count). The average Bonchev–Trinajstić information content (AvgIpc) is 2.96. The Morgan fingerprint density at radius 1 is 1.15 bits per heavy atom. The molecule has 2 aromatic carbocycles. The lowest BCUT2D eigenvalue weighted by molar-refractivity contribution is 0.0408. The van der Waals surface area contributed by atoms with E-state index in [0.29, 0.717) is 13.2 Å². The molecule has 0 heterocycles. The Morgan fingerprint density at radius 3 is 2.19 bits per heavy atom. The molecule has 0 atom stereocenters. The normalized spacial score (nSPS) is 16.8. The monoisotopic (exact) mass is 345 g/mol. The van der Waals surface area contributed by atoms with Gasteiger partial charge in [-0.1, -0.05) is 54.5 Å². The third-order valence-corrected chi connectivity index (χ3v) is 5.84. The molecule has 0 aromatic heterocycles. The van der Waals surface area contributed by atoms with Crippen LogP contribution < -0.4 is 0 Å². The Kier molecular flexibility index (Phi) is 4.20. The second-order valence-corrected chi connectivity index (χ2v) is 7.08. The van der Waals surface area contributed by atoms with Gasteiger partial charge in [-0.25, -0.2) is 4.79 Å². The Hall–Kier alpha value is -2.73. The lowest BCUT2D eigenvalue weighted by atomic mass is 9.76. The third kappa shape index (κ3) is 2.49. The number of amides is 1. The topological polar surface area (TPSA) is 29.5 Å². The van der Waals surface area contributed by atoms with Crippen molar-refractivity contribution in [1.29, 1.82) is 0 Å². The molecule has 0 radical (unpaired) electrons. The van der Waals surface area contributed by atoms with Crippen LogP contribution in [0.1, 0.15) is 43.2 Å². The Balaban J connectivity index is 1.55. The van der Waals surface area contributed by atoms with Crippen LogP contribution in [-0.2, 0) is 4.74 Å². The van der Waals surface area contributed by atoms with E-state index in [1.165, 1.54) is 22.3 Å². The first-order valence-corrected chi connectivity index (χ1v) is 9.30. The third-order valence-electron chi connectivity index (χ3n) is 5.84. The first kappa shape index (κ1) is 16.7. The number of ether oxygens (including phenoxy) is 1. The highest BCUT2D eigenvalue weighted by Crippen LogP contribution is 2.44. The molecule has 0 saturated heterocycles. The van der Waals surface area contributed by atoms with Gasteiger partial charge in [0, 0.05) is 12.5 Å². The van der Waals surface area contributed by atoms with Gasteiger partial charge in [0.25, 0.3) is 0 Å². The Morgan fingerprint density at radius 2 is 1.73 bits per heavy atom. The summed E-state index contributed by atoms with van der Waals surface area (Å²) < 4.78 is 5.77. The molecular weight excluding hydrogens is 322 g/mol. The highest BCUT2D eigenvalue weighted by Gasteiger charge is 2.43. The maximum Gasteiger partial charge on any atom is 0.411 e. The minimum Gasteiger partial charge on any atom is -0.448 e. The van der Waals surface area contributed by atoms with E-state index < -0.39 is 5.54 Å². The van der Waals surface area contributed by atoms with Crippen molar-refractivity contribution in [1.82, 2.24) is 4.90 Å². The van der Waals surface area contributed by atoms with Crippen LogP contribution in [0.2, 0.25) is 0 Å². The summed E-state index contributed by atoms with van der Waals surface area (Å²) in [5.74, 6) is 2.91. The van der Waals surface area contributed by atoms with Gasteiger partial charge in [-0.05, 0) is 48.4 Å². The van der Waals surface area contributed by atoms with Gasteiger partial charge in [-0.15, -0.1) is 6.42 Å². The lowest BCUT2D eigenvalue weighted by Gasteiger charge is -2.45. The summed E-state index contributed by atoms with van der Waals surface area (Å²) in [7, 11) is 0. The molecule has 0 aliphatic heterocycles. The summed E-state index contributed by atoms with van der Waals surface area (Å²) >= 11 is 0. The van der Waals surface area contributed by atoms with Crippen LogP contribution in [0.4, 0.5) is 4.79 Å². The number of benzene rings is 2. The molecule has 3 heteroatoms. The number of carbonyl (C=O) groups is 1. The number of rotatable bonds is 4. The first-order valence-electron chi connectivity index (χ1n) is 9.30. The van der Waals surface area contributed by atoms with Crippen LogP contribution in [0.25, 0.3) is 11.1 Å². The van der Waals surface area contributed by atoms with Gasteiger partial charge in [-0.2, -0.15) is 0 Å². The van der Waals surface area contributed by atoms with E-state index in [4.69, 9.17) is 11.2 Å². The van der Waals surface area contributed by atoms with Gasteiger partial charge in [0.1, 0.15) is 12.1 Å². The second kappa shape index (κ2) is 6.53. The molecule has 0 N–H and O–H groups in total. The van der Waals surface area contributed by atoms with E-state index in [9.17, 15) is 4.79 Å². The van der Waals surface area contributed by atoms with Crippen LogP contribution in [0.3, 0.4) is 0 Å². The van der Waals surface area contributed by atoms with Crippen LogP contribution in [0, 0.1) is 12.3 Å². The second-order valence-electron chi connectivity index (χ2n) is 7.08. The lowest BCUT2D eigenvalue weighted by Crippen LogP contribution is -2.55. The molecule has 0 unspecified atom stereocenters. The molecule has 1 saturated carbocycles. The number of hydrogen-bond acceptors (Lipinski definition) is 2. The molecule has 2 aliphatic rings. The first-order chi connectivity index (χ1) is 12.7. The molecule has 1 amide bonds. The van der Waals surface area contributed by atoms with Gasteiger partial charge in [0.15, 0.2) is 0 Å². The molecule has 2 aromatic rings. The highest BCUT2D eigenvalue weighted by atomic mass is 16.6. The highest BCUT2D eigenvalue weighted by molar-refractivity contribution is 5.79. The minimum absolute atomic E-state index is 0.0771. The van der Waals surface area contributed by atoms with Crippen molar-refractivity contribution in [2.45, 2.75) is 37.6 Å². The molecule has 0 spiro atoms. The number of hydrogen-bond donors (Lipinski definition) is 0. The zero-order chi connectivity index (χ0) is 18.1. The van der Waals surface area contributed by atoms with Gasteiger partial charge >= 0.3 is 6.09 Å². The van der Waals surface area contributed by atoms with Crippen molar-refractivity contribution in [3.8, 4) is 23.5 Å². The maximum absolute atomic E-state index is 12.8. The van der Waals surface area contributed by atoms with Crippen LogP contribution in [0.5, 0.6) is 0 Å². The van der Waals surface area contributed by atoms with Crippen LogP contribution in [-0.4, -0.2) is 29.7 Å². The predicted octanol–water partition coefficient (Wildman–Crippen LogP) is 4.81. The Labute approximate surface area is 155 Å². The summed E-state index contributed by atoms with van der Waals surface area (Å²) in [5, 5.41) is 0. The van der Waals surface area contributed by atoms with E-state index in [0.717, 1.165) is 19.3 Å². The van der Waals surface area contributed by atoms with E-state index in [1.54, 1.807) is 4.90 Å². The van der Waals surface area contributed by atoms with Crippen molar-refractivity contribution in [3.05, 3.63) is 59.7 Å². The molecule has 0 bridgehead atoms. The van der Waals surface area contributed by atoms with E-state index in [1.807, 2.05) is 19.1 Å². The fourth-order valence-electron chi connectivity index (χ4n) is 4.28. The summed E-state index contributed by atoms with van der Waals surface area (Å²) in [5.41, 5.74) is 4.46. The summed E-state index contributed by atoms with van der Waals surface area (Å²) in [6.07, 6.45) is 8.22. The number of carbonyl (C=O) groups excluding carboxylic acids is 1. The SMILES string of the molecule is C#CC1(N(CC)C(=O)OCC2c3ccccc3-c3ccccc32)CCC1. The number of nitrogens with zero attached hydrogens (tertiary/aromatic N) is 1. The largest absolute Gasteiger partial charge is 0.448 e. The number of fused-ring (bicyclic) bond motifs is 3. The van der Waals surface area contributed by atoms with Crippen molar-refractivity contribution in [2.24, 2.45) is 0 Å². The van der Waals surface area contributed by atoms with Crippen molar-refractivity contribution >= 4 is 6.09 Å². The zero-order valence-electron chi connectivity index (χ0n) is 15.1. The van der Waals surface area contributed by atoms with Crippen molar-refractivity contribution in [3.63, 3.8) is 0 Å². The molecular formula is C23H23NO2. The smallest absolute Gasteiger partial charge is 0.411 e. The van der Waals surface area contributed by atoms with E-state index in [2.05, 4.69) is 42.3 Å². The van der Waals surface area contributed by atoms with Crippen molar-refractivity contribution < 1.29 is 9.53 Å². The molecule has 26 heavy (non-hydrogen) atoms. The quantitative estimate of drug-likeness (QED) is 0.744. The average molecular weight is 345 g/mol. The summed E-state index contributed by atoms with van der Waals surface area (Å²) in [4.78, 5) is 14.5. The standard InChI is InChI=1S/C23H23NO2/c1-3-23(14-9-15-23)24(4-2)22(25)26-16-21-19-12-7-5-10-17(19)18-11-6-8-13-20(18)21/h1,5-8,10-13,21H,4,9,14-16H2,2H3. The van der Waals surface area contributed by atoms with Gasteiger partial charge < -0.3 is 4.74 Å². The summed E-state index contributed by atoms with van der Waals surface area (Å²) in [6, 6.07) is 16.7. The van der Waals surface area contributed by atoms with Gasteiger partial charge in [0.05, 0.1) is 0 Å². The zero-order valence-corrected chi connectivity index (χ0v) is 15.1. The van der Waals surface area contributed by atoms with Gasteiger partial charge in [-0.3, -0.25) is 4.90 Å². The van der Waals surface area contributed by atoms with Crippen molar-refractivity contribution in [2.75, 3.05) is 13.2 Å². The fraction of sp³-hybridized carbons (Fsp3) is 0.348. The predicted molar refractivity (Wildman–Crippen MR) is 103 cm³/mol. The molecule has 132 valence electrons. The Bertz CT molecular complexity index is 830. The molecule has 1 fully saturated rings. The fourth-order valence-corrected chi connectivity index (χ4v) is 4.28. The van der Waals surface area contributed by atoms with Gasteiger partial charge in [0.2, 0.25) is 0 Å². The maximum atomic E-state index is 12.8. The van der Waals surface area contributed by atoms with E-state index >= 15 is 0 Å². The minimum atomic E-state index is -0.447. The number of terminal acetylenes is 1. The van der Waals surface area contributed by atoms with E-state index in [-0.39, 0.29) is 12.0 Å². The van der Waals surface area contributed by atoms with Crippen LogP contribution in [0.15, 0.2) is 48.5 Å². The molecule has 2 aliphatic carbocycles.